The second-order valence-electron chi connectivity index (χ2n) is 4.55. The Morgan fingerprint density at radius 3 is 2.38 bits per heavy atom. The van der Waals surface area contributed by atoms with Crippen molar-refractivity contribution in [2.24, 2.45) is 28.9 Å². The van der Waals surface area contributed by atoms with Crippen LogP contribution in [0.1, 0.15) is 19.3 Å². The fourth-order valence-corrected chi connectivity index (χ4v) is 3.87. The average Bonchev–Trinajstić information content (AvgIpc) is 2.65. The fraction of sp³-hybridized carbons (Fsp3) is 0.889. The molecule has 4 saturated carbocycles. The van der Waals surface area contributed by atoms with Crippen molar-refractivity contribution >= 4 is 18.4 Å². The van der Waals surface area contributed by atoms with E-state index in [9.17, 15) is 4.79 Å². The topological polar surface area (TPSA) is 63.3 Å². The van der Waals surface area contributed by atoms with Gasteiger partial charge in [0, 0.05) is 6.04 Å². The van der Waals surface area contributed by atoms with Gasteiger partial charge in [-0.15, -0.1) is 12.4 Å². The van der Waals surface area contributed by atoms with Crippen LogP contribution in [0, 0.1) is 23.2 Å². The van der Waals surface area contributed by atoms with Crippen LogP contribution in [-0.4, -0.2) is 17.1 Å². The van der Waals surface area contributed by atoms with Crippen LogP contribution in [0.2, 0.25) is 0 Å². The van der Waals surface area contributed by atoms with Gasteiger partial charge in [0.25, 0.3) is 0 Å². The lowest BCUT2D eigenvalue weighted by Gasteiger charge is -2.30. The summed E-state index contributed by atoms with van der Waals surface area (Å²) in [6.45, 7) is 0. The molecule has 4 rings (SSSR count). The van der Waals surface area contributed by atoms with Gasteiger partial charge in [-0.2, -0.15) is 0 Å². The maximum Gasteiger partial charge on any atom is 0.311 e. The average molecular weight is 204 g/mol. The Balaban J connectivity index is 0.000000653. The minimum Gasteiger partial charge on any atom is -0.481 e. The van der Waals surface area contributed by atoms with Crippen molar-refractivity contribution in [1.29, 1.82) is 0 Å². The molecule has 5 unspecified atom stereocenters. The van der Waals surface area contributed by atoms with E-state index >= 15 is 0 Å². The van der Waals surface area contributed by atoms with Crippen molar-refractivity contribution in [3.05, 3.63) is 0 Å². The Hall–Kier alpha value is -0.280. The van der Waals surface area contributed by atoms with E-state index in [2.05, 4.69) is 0 Å². The first kappa shape index (κ1) is 9.28. The van der Waals surface area contributed by atoms with Crippen LogP contribution in [0.25, 0.3) is 0 Å². The summed E-state index contributed by atoms with van der Waals surface area (Å²) in [6, 6.07) is -0.0428. The zero-order chi connectivity index (χ0) is 8.51. The molecule has 4 bridgehead atoms. The third kappa shape index (κ3) is 0.739. The molecule has 0 saturated heterocycles. The van der Waals surface area contributed by atoms with Gasteiger partial charge in [0.2, 0.25) is 0 Å². The maximum absolute atomic E-state index is 11.1. The number of halogens is 1. The van der Waals surface area contributed by atoms with Crippen molar-refractivity contribution in [1.82, 2.24) is 0 Å². The molecule has 4 heteroatoms. The number of carboxylic acids is 1. The molecular weight excluding hydrogens is 190 g/mol. The van der Waals surface area contributed by atoms with Gasteiger partial charge in [0.05, 0.1) is 5.41 Å². The van der Waals surface area contributed by atoms with E-state index in [4.69, 9.17) is 10.8 Å². The molecule has 13 heavy (non-hydrogen) atoms. The van der Waals surface area contributed by atoms with Crippen LogP contribution in [0.4, 0.5) is 0 Å². The van der Waals surface area contributed by atoms with Gasteiger partial charge in [-0.3, -0.25) is 4.79 Å². The van der Waals surface area contributed by atoms with E-state index < -0.39 is 11.4 Å². The lowest BCUT2D eigenvalue weighted by atomic mass is 9.78. The van der Waals surface area contributed by atoms with Crippen molar-refractivity contribution < 1.29 is 9.90 Å². The molecule has 0 aliphatic heterocycles. The second-order valence-corrected chi connectivity index (χ2v) is 4.55. The van der Waals surface area contributed by atoms with E-state index in [1.165, 1.54) is 0 Å². The standard InChI is InChI=1S/C9H13NO2.ClH/c10-7-4-1-2-5-6(3-4)9(5,7)8(11)12;/h4-7H,1-3,10H2,(H,11,12);1H. The summed E-state index contributed by atoms with van der Waals surface area (Å²) in [6.07, 6.45) is 3.35. The SMILES string of the molecule is Cl.NC1C2CCC3C(C2)C13C(=O)O. The van der Waals surface area contributed by atoms with Gasteiger partial charge in [-0.1, -0.05) is 0 Å². The smallest absolute Gasteiger partial charge is 0.311 e. The van der Waals surface area contributed by atoms with Crippen molar-refractivity contribution in [3.63, 3.8) is 0 Å². The predicted molar refractivity (Wildman–Crippen MR) is 49.6 cm³/mol. The maximum atomic E-state index is 11.1. The lowest BCUT2D eigenvalue weighted by molar-refractivity contribution is -0.145. The Kier molecular flexibility index (Phi) is 1.71. The number of carbonyl (C=O) groups is 1. The molecule has 3 nitrogen and oxygen atoms in total. The van der Waals surface area contributed by atoms with Crippen LogP contribution < -0.4 is 5.73 Å². The number of rotatable bonds is 1. The highest BCUT2D eigenvalue weighted by molar-refractivity contribution is 5.85. The van der Waals surface area contributed by atoms with Crippen LogP contribution in [-0.2, 0) is 4.79 Å². The molecule has 0 spiro atoms. The van der Waals surface area contributed by atoms with Gasteiger partial charge in [-0.05, 0) is 37.0 Å². The number of hydrogen-bond acceptors (Lipinski definition) is 2. The summed E-state index contributed by atoms with van der Waals surface area (Å²) in [5.74, 6) is 0.738. The zero-order valence-electron chi connectivity index (χ0n) is 7.27. The molecule has 4 aliphatic rings. The summed E-state index contributed by atoms with van der Waals surface area (Å²) >= 11 is 0. The molecule has 5 atom stereocenters. The Bertz CT molecular complexity index is 264. The first-order valence-electron chi connectivity index (χ1n) is 4.68. The lowest BCUT2D eigenvalue weighted by Crippen LogP contribution is -2.44. The highest BCUT2D eigenvalue weighted by atomic mass is 35.5. The van der Waals surface area contributed by atoms with Crippen molar-refractivity contribution in [2.75, 3.05) is 0 Å². The van der Waals surface area contributed by atoms with E-state index in [-0.39, 0.29) is 18.4 Å². The minimum atomic E-state index is -0.632. The third-order valence-electron chi connectivity index (χ3n) is 4.44. The van der Waals surface area contributed by atoms with Gasteiger partial charge in [0.15, 0.2) is 0 Å². The quantitative estimate of drug-likeness (QED) is 0.665. The first-order chi connectivity index (χ1) is 5.69. The van der Waals surface area contributed by atoms with Crippen LogP contribution in [0.5, 0.6) is 0 Å². The molecule has 4 aliphatic carbocycles. The molecule has 3 N–H and O–H groups in total. The van der Waals surface area contributed by atoms with Gasteiger partial charge in [-0.25, -0.2) is 0 Å². The highest BCUT2D eigenvalue weighted by Crippen LogP contribution is 2.74. The first-order valence-corrected chi connectivity index (χ1v) is 4.68. The summed E-state index contributed by atoms with van der Waals surface area (Å²) in [7, 11) is 0. The van der Waals surface area contributed by atoms with E-state index in [1.807, 2.05) is 0 Å². The molecule has 0 aromatic carbocycles. The van der Waals surface area contributed by atoms with Gasteiger partial charge >= 0.3 is 5.97 Å². The second kappa shape index (κ2) is 2.39. The summed E-state index contributed by atoms with van der Waals surface area (Å²) in [5, 5.41) is 9.13. The largest absolute Gasteiger partial charge is 0.481 e. The molecule has 4 fully saturated rings. The van der Waals surface area contributed by atoms with Crippen LogP contribution in [0.3, 0.4) is 0 Å². The molecule has 0 amide bonds. The monoisotopic (exact) mass is 203 g/mol. The summed E-state index contributed by atoms with van der Waals surface area (Å²) < 4.78 is 0. The number of carboxylic acid groups (broad SMARTS) is 1. The number of hydrogen-bond donors (Lipinski definition) is 2. The fourth-order valence-electron chi connectivity index (χ4n) is 3.87. The summed E-state index contributed by atoms with van der Waals surface area (Å²) in [5.41, 5.74) is 5.49. The number of fused-ring (bicyclic) bond motifs is 1. The minimum absolute atomic E-state index is 0. The van der Waals surface area contributed by atoms with Gasteiger partial charge in [0.1, 0.15) is 0 Å². The predicted octanol–water partition coefficient (Wildman–Crippen LogP) is 0.866. The number of nitrogens with two attached hydrogens (primary N) is 1. The molecular formula is C9H14ClNO2. The van der Waals surface area contributed by atoms with Crippen LogP contribution in [0.15, 0.2) is 0 Å². The molecule has 0 aromatic heterocycles. The van der Waals surface area contributed by atoms with Crippen molar-refractivity contribution in [2.45, 2.75) is 25.3 Å². The third-order valence-corrected chi connectivity index (χ3v) is 4.44. The van der Waals surface area contributed by atoms with Crippen molar-refractivity contribution in [3.8, 4) is 0 Å². The Labute approximate surface area is 83.1 Å². The van der Waals surface area contributed by atoms with Crippen LogP contribution >= 0.6 is 12.4 Å². The van der Waals surface area contributed by atoms with E-state index in [1.54, 1.807) is 0 Å². The number of aliphatic carboxylic acids is 1. The van der Waals surface area contributed by atoms with E-state index in [0.717, 1.165) is 19.3 Å². The molecule has 0 radical (unpaired) electrons. The highest BCUT2D eigenvalue weighted by Gasteiger charge is 2.79. The molecule has 0 aromatic rings. The Morgan fingerprint density at radius 1 is 1.38 bits per heavy atom. The molecule has 74 valence electrons. The molecule has 0 heterocycles. The zero-order valence-corrected chi connectivity index (χ0v) is 8.09. The Morgan fingerprint density at radius 2 is 2.08 bits per heavy atom. The normalized spacial score (nSPS) is 55.5. The van der Waals surface area contributed by atoms with Gasteiger partial charge < -0.3 is 10.8 Å². The van der Waals surface area contributed by atoms with E-state index in [0.29, 0.717) is 17.8 Å². The summed E-state index contributed by atoms with van der Waals surface area (Å²) in [4.78, 5) is 11.1.